The molecule has 7 rings (SSSR count). The molecule has 0 bridgehead atoms. The first kappa shape index (κ1) is 60.2. The summed E-state index contributed by atoms with van der Waals surface area (Å²) in [6, 6.07) is 15.9. The van der Waals surface area contributed by atoms with Gasteiger partial charge in [-0.3, -0.25) is 43.6 Å². The minimum Gasteiger partial charge on any atom is -0.481 e. The highest BCUT2D eigenvalue weighted by Crippen LogP contribution is 2.36. The van der Waals surface area contributed by atoms with E-state index in [1.807, 2.05) is 6.07 Å². The van der Waals surface area contributed by atoms with E-state index in [1.165, 1.54) is 55.4 Å². The van der Waals surface area contributed by atoms with Gasteiger partial charge in [0.2, 0.25) is 17.7 Å². The second kappa shape index (κ2) is 27.2. The summed E-state index contributed by atoms with van der Waals surface area (Å²) in [4.78, 5) is 92.4. The van der Waals surface area contributed by atoms with Gasteiger partial charge in [-0.25, -0.2) is 35.8 Å². The van der Waals surface area contributed by atoms with Crippen molar-refractivity contribution in [2.24, 2.45) is 5.92 Å². The van der Waals surface area contributed by atoms with E-state index in [1.54, 1.807) is 48.8 Å². The minimum atomic E-state index is -4.53. The van der Waals surface area contributed by atoms with Gasteiger partial charge in [0, 0.05) is 90.1 Å². The van der Waals surface area contributed by atoms with E-state index in [4.69, 9.17) is 14.2 Å². The maximum atomic E-state index is 14.5. The van der Waals surface area contributed by atoms with Gasteiger partial charge in [0.05, 0.1) is 49.1 Å². The molecule has 2 aromatic carbocycles. The molecule has 3 amide bonds. The van der Waals surface area contributed by atoms with Crippen LogP contribution in [0.5, 0.6) is 5.88 Å². The number of alkyl halides is 2. The van der Waals surface area contributed by atoms with Crippen LogP contribution in [0.15, 0.2) is 102 Å². The maximum absolute atomic E-state index is 14.5. The number of carboxylic acid groups (broad SMARTS) is 1. The summed E-state index contributed by atoms with van der Waals surface area (Å²) in [7, 11) is -0.880. The normalized spacial score (nSPS) is 14.5. The van der Waals surface area contributed by atoms with Crippen molar-refractivity contribution in [3.8, 4) is 34.2 Å². The maximum Gasteiger partial charge on any atom is 0.508 e. The Kier molecular flexibility index (Phi) is 20.2. The zero-order chi connectivity index (χ0) is 58.4. The van der Waals surface area contributed by atoms with Crippen molar-refractivity contribution in [3.63, 3.8) is 0 Å². The first-order chi connectivity index (χ1) is 38.6. The van der Waals surface area contributed by atoms with Crippen molar-refractivity contribution >= 4 is 83.8 Å². The second-order valence-corrected chi connectivity index (χ2v) is 22.3. The van der Waals surface area contributed by atoms with Crippen LogP contribution in [0.1, 0.15) is 54.4 Å². The number of nitrogens with zero attached hydrogens (tertiary/aromatic N) is 6. The number of hydrogen-bond donors (Lipinski definition) is 4. The van der Waals surface area contributed by atoms with Crippen LogP contribution in [0, 0.1) is 28.9 Å². The summed E-state index contributed by atoms with van der Waals surface area (Å²) in [5.41, 5.74) is 3.71. The summed E-state index contributed by atoms with van der Waals surface area (Å²) in [5.74, 6) is -10.1. The highest BCUT2D eigenvalue weighted by molar-refractivity contribution is 8.76. The fourth-order valence-electron chi connectivity index (χ4n) is 8.10. The fraction of sp³-hybridized carbons (Fsp3) is 0.302. The Morgan fingerprint density at radius 1 is 0.889 bits per heavy atom. The SMILES string of the molecule is COc1ncc(-c2ccc3nccc(-c4ccc(COC(=O)OCCSSCC(CC(=O)CCC(=O)NCc5cc(C(=O)N[C@@H](C)C(=O)N6CC(F)(F)C[C@H]6C#N)ccn5)C(=O)O)nc4)c3c2)cc1NS(=O)(=O)c1ccc(F)cc1F. The van der Waals surface area contributed by atoms with Gasteiger partial charge in [-0.2, -0.15) is 5.26 Å². The average Bonchev–Trinajstić information content (AvgIpc) is 3.87. The third-order valence-electron chi connectivity index (χ3n) is 12.2. The van der Waals surface area contributed by atoms with Gasteiger partial charge in [0.25, 0.3) is 21.9 Å². The van der Waals surface area contributed by atoms with Crippen LogP contribution >= 0.6 is 21.6 Å². The molecule has 1 fully saturated rings. The molecule has 5 heterocycles. The van der Waals surface area contributed by atoms with E-state index in [2.05, 4.69) is 35.3 Å². The number of ether oxygens (including phenoxy) is 3. The zero-order valence-electron chi connectivity index (χ0n) is 42.9. The third-order valence-corrected chi connectivity index (χ3v) is 16.0. The summed E-state index contributed by atoms with van der Waals surface area (Å²) >= 11 is 0. The van der Waals surface area contributed by atoms with Crippen molar-refractivity contribution in [2.75, 3.05) is 36.5 Å². The molecule has 0 radical (unpaired) electrons. The number of hydrogen-bond acceptors (Lipinski definition) is 18. The molecule has 0 aliphatic carbocycles. The Hall–Kier alpha value is -8.42. The van der Waals surface area contributed by atoms with Crippen LogP contribution < -0.4 is 20.1 Å². The van der Waals surface area contributed by atoms with Gasteiger partial charge in [0.15, 0.2) is 0 Å². The van der Waals surface area contributed by atoms with Crippen molar-refractivity contribution < 1.29 is 74.1 Å². The Labute approximate surface area is 468 Å². The highest BCUT2D eigenvalue weighted by Gasteiger charge is 2.48. The molecule has 1 saturated heterocycles. The number of Topliss-reactive ketones (excluding diaryl/α,β-unsaturated/α-hetero) is 1. The summed E-state index contributed by atoms with van der Waals surface area (Å²) in [5, 5.41) is 24.6. The Bertz CT molecular complexity index is 3510. The van der Waals surface area contributed by atoms with Crippen molar-refractivity contribution in [3.05, 3.63) is 126 Å². The number of fused-ring (bicyclic) bond motifs is 1. The van der Waals surface area contributed by atoms with Crippen LogP contribution in [-0.2, 0) is 51.8 Å². The van der Waals surface area contributed by atoms with Gasteiger partial charge in [-0.1, -0.05) is 33.7 Å². The molecule has 424 valence electrons. The zero-order valence-corrected chi connectivity index (χ0v) is 45.3. The first-order valence-corrected chi connectivity index (χ1v) is 28.4. The molecule has 0 saturated carbocycles. The molecule has 1 unspecified atom stereocenters. The molecule has 4 aromatic heterocycles. The summed E-state index contributed by atoms with van der Waals surface area (Å²) < 4.78 is 99.8. The molecule has 21 nitrogen and oxygen atoms in total. The highest BCUT2D eigenvalue weighted by atomic mass is 33.1. The molecular formula is C53H49F4N9O12S3. The van der Waals surface area contributed by atoms with Gasteiger partial charge >= 0.3 is 12.1 Å². The number of nitrogens with one attached hydrogen (secondary N) is 3. The molecule has 1 aliphatic rings. The van der Waals surface area contributed by atoms with E-state index in [0.717, 1.165) is 33.4 Å². The number of pyridine rings is 4. The van der Waals surface area contributed by atoms with Crippen LogP contribution in [-0.4, -0.2) is 124 Å². The number of halogens is 4. The Balaban J connectivity index is 0.803. The summed E-state index contributed by atoms with van der Waals surface area (Å²) in [6.45, 7) is -0.0759. The van der Waals surface area contributed by atoms with Crippen LogP contribution in [0.2, 0.25) is 0 Å². The third kappa shape index (κ3) is 16.4. The van der Waals surface area contributed by atoms with Gasteiger partial charge in [-0.15, -0.1) is 0 Å². The smallest absolute Gasteiger partial charge is 0.481 e. The molecule has 0 spiro atoms. The largest absolute Gasteiger partial charge is 0.508 e. The van der Waals surface area contributed by atoms with Crippen LogP contribution in [0.4, 0.5) is 28.0 Å². The van der Waals surface area contributed by atoms with E-state index in [-0.39, 0.29) is 73.4 Å². The van der Waals surface area contributed by atoms with Crippen LogP contribution in [0.3, 0.4) is 0 Å². The lowest BCUT2D eigenvalue weighted by molar-refractivity contribution is -0.142. The predicted molar refractivity (Wildman–Crippen MR) is 287 cm³/mol. The first-order valence-electron chi connectivity index (χ1n) is 24.4. The lowest BCUT2D eigenvalue weighted by atomic mass is 9.98. The number of carbonyl (C=O) groups excluding carboxylic acids is 5. The average molecular weight is 1180 g/mol. The summed E-state index contributed by atoms with van der Waals surface area (Å²) in [6.07, 6.45) is 3.34. The number of carbonyl (C=O) groups is 6. The number of sulfonamides is 1. The number of methoxy groups -OCH3 is 1. The van der Waals surface area contributed by atoms with Crippen LogP contribution in [0.25, 0.3) is 33.2 Å². The van der Waals surface area contributed by atoms with Crippen molar-refractivity contribution in [1.82, 2.24) is 35.5 Å². The number of benzene rings is 2. The second-order valence-electron chi connectivity index (χ2n) is 18.0. The van der Waals surface area contributed by atoms with E-state index in [9.17, 15) is 65.1 Å². The van der Waals surface area contributed by atoms with E-state index < -0.39 is 99.1 Å². The van der Waals surface area contributed by atoms with Gasteiger partial charge in [-0.05, 0) is 72.6 Å². The minimum absolute atomic E-state index is 0.0374. The number of amides is 3. The molecule has 81 heavy (non-hydrogen) atoms. The lowest BCUT2D eigenvalue weighted by Crippen LogP contribution is -2.48. The van der Waals surface area contributed by atoms with Gasteiger partial charge in [0.1, 0.15) is 53.3 Å². The molecule has 28 heteroatoms. The number of aromatic nitrogens is 4. The molecule has 1 aliphatic heterocycles. The van der Waals surface area contributed by atoms with Crippen molar-refractivity contribution in [2.45, 2.75) is 68.7 Å². The lowest BCUT2D eigenvalue weighted by Gasteiger charge is -2.23. The quantitative estimate of drug-likeness (QED) is 0.0186. The van der Waals surface area contributed by atoms with E-state index >= 15 is 0 Å². The van der Waals surface area contributed by atoms with Gasteiger partial charge < -0.3 is 34.9 Å². The molecule has 3 atom stereocenters. The van der Waals surface area contributed by atoms with E-state index in [0.29, 0.717) is 39.4 Å². The number of ketones is 1. The predicted octanol–water partition coefficient (Wildman–Crippen LogP) is 7.51. The molecule has 4 N–H and O–H groups in total. The Morgan fingerprint density at radius 2 is 1.65 bits per heavy atom. The number of aliphatic carboxylic acids is 1. The standard InChI is InChI=1S/C53H49F4N9O12S3/c1-30(50(70)66-29-53(56,57)22-39(66)23-58)64-48(69)32-11-13-59-38(17-32)26-62-47(68)10-7-40(67)18-35(51(71)72)28-80-79-16-15-77-52(73)78-27-37-6-3-33(24-61-37)41-12-14-60-44-8-4-31(19-42(41)44)34-20-45(49(76-2)63-25-34)65-81(74,75)46-9-5-36(54)21-43(46)55/h3-6,8-9,11-14,17,19-21,24-25,30,35,39,65H,7,10,15-16,18,22,26-29H2,1-2H3,(H,62,68)(H,64,69)(H,71,72)/t30-,35?,39-/m0/s1. The number of likely N-dealkylation sites (tertiary alicyclic amines) is 1. The van der Waals surface area contributed by atoms with Crippen molar-refractivity contribution in [1.29, 1.82) is 5.26 Å². The molecule has 6 aromatic rings. The molecular weight excluding hydrogens is 1130 g/mol. The number of nitriles is 1. The topological polar surface area (TPSA) is 299 Å². The number of anilines is 1. The monoisotopic (exact) mass is 1180 g/mol. The Morgan fingerprint density at radius 3 is 2.38 bits per heavy atom. The fourth-order valence-corrected chi connectivity index (χ4v) is 11.3. The number of carboxylic acids is 1. The number of rotatable bonds is 25.